The third-order valence-corrected chi connectivity index (χ3v) is 3.58. The lowest BCUT2D eigenvalue weighted by molar-refractivity contribution is 0.0990. The lowest BCUT2D eigenvalue weighted by atomic mass is 9.93. The molecule has 0 aromatic heterocycles. The molecular formula is C15H23NO2. The molecule has 1 aliphatic rings. The predicted molar refractivity (Wildman–Crippen MR) is 73.1 cm³/mol. The van der Waals surface area contributed by atoms with Gasteiger partial charge in [-0.05, 0) is 37.8 Å². The van der Waals surface area contributed by atoms with E-state index in [1.165, 1.54) is 19.3 Å². The Morgan fingerprint density at radius 2 is 2.00 bits per heavy atom. The number of para-hydroxylation sites is 1. The highest BCUT2D eigenvalue weighted by molar-refractivity contribution is 5.39. The molecular weight excluding hydrogens is 226 g/mol. The summed E-state index contributed by atoms with van der Waals surface area (Å²) < 4.78 is 5.72. The van der Waals surface area contributed by atoms with Gasteiger partial charge in [-0.2, -0.15) is 0 Å². The van der Waals surface area contributed by atoms with E-state index < -0.39 is 6.10 Å². The molecule has 0 radical (unpaired) electrons. The van der Waals surface area contributed by atoms with Crippen molar-refractivity contribution in [3.8, 4) is 5.75 Å². The van der Waals surface area contributed by atoms with Crippen LogP contribution in [0.4, 0.5) is 0 Å². The van der Waals surface area contributed by atoms with Crippen LogP contribution in [-0.4, -0.2) is 30.4 Å². The zero-order chi connectivity index (χ0) is 13.0. The van der Waals surface area contributed by atoms with Crippen LogP contribution in [0.25, 0.3) is 0 Å². The Kier molecular flexibility index (Phi) is 4.61. The molecule has 2 rings (SSSR count). The fraction of sp³-hybridized carbons (Fsp3) is 0.600. The second-order valence-corrected chi connectivity index (χ2v) is 5.22. The lowest BCUT2D eigenvalue weighted by Crippen LogP contribution is -2.41. The first-order chi connectivity index (χ1) is 8.66. The number of rotatable bonds is 6. The van der Waals surface area contributed by atoms with E-state index in [-0.39, 0.29) is 0 Å². The minimum absolute atomic E-state index is 0.353. The van der Waals surface area contributed by atoms with Crippen molar-refractivity contribution in [2.24, 2.45) is 0 Å². The Labute approximate surface area is 109 Å². The standard InChI is InChI=1S/C15H23NO2/c1-11-5-3-6-12(2)15(11)18-10-14(17)9-16-13-7-4-8-13/h3,5-6,13-14,16-17H,4,7-10H2,1-2H3. The molecule has 0 amide bonds. The molecule has 3 nitrogen and oxygen atoms in total. The molecule has 1 saturated carbocycles. The zero-order valence-corrected chi connectivity index (χ0v) is 11.3. The average molecular weight is 249 g/mol. The summed E-state index contributed by atoms with van der Waals surface area (Å²) in [4.78, 5) is 0. The molecule has 100 valence electrons. The van der Waals surface area contributed by atoms with Gasteiger partial charge in [-0.3, -0.25) is 0 Å². The van der Waals surface area contributed by atoms with Crippen LogP contribution in [0.15, 0.2) is 18.2 Å². The van der Waals surface area contributed by atoms with Gasteiger partial charge >= 0.3 is 0 Å². The van der Waals surface area contributed by atoms with Crippen molar-refractivity contribution in [2.75, 3.05) is 13.2 Å². The van der Waals surface area contributed by atoms with Crippen molar-refractivity contribution in [1.82, 2.24) is 5.32 Å². The van der Waals surface area contributed by atoms with Crippen LogP contribution in [0.2, 0.25) is 0 Å². The van der Waals surface area contributed by atoms with Gasteiger partial charge in [0.15, 0.2) is 0 Å². The molecule has 1 unspecified atom stereocenters. The van der Waals surface area contributed by atoms with Crippen LogP contribution >= 0.6 is 0 Å². The largest absolute Gasteiger partial charge is 0.490 e. The van der Waals surface area contributed by atoms with Crippen LogP contribution in [0.3, 0.4) is 0 Å². The number of ether oxygens (including phenoxy) is 1. The number of benzene rings is 1. The quantitative estimate of drug-likeness (QED) is 0.812. The van der Waals surface area contributed by atoms with Crippen molar-refractivity contribution in [3.63, 3.8) is 0 Å². The van der Waals surface area contributed by atoms with Crippen LogP contribution in [0.5, 0.6) is 5.75 Å². The molecule has 0 spiro atoms. The Morgan fingerprint density at radius 3 is 2.56 bits per heavy atom. The molecule has 0 bridgehead atoms. The third kappa shape index (κ3) is 3.47. The van der Waals surface area contributed by atoms with Gasteiger partial charge < -0.3 is 15.2 Å². The molecule has 0 saturated heterocycles. The molecule has 2 N–H and O–H groups in total. The highest BCUT2D eigenvalue weighted by Gasteiger charge is 2.18. The number of hydrogen-bond acceptors (Lipinski definition) is 3. The molecule has 0 aliphatic heterocycles. The van der Waals surface area contributed by atoms with Crippen LogP contribution < -0.4 is 10.1 Å². The van der Waals surface area contributed by atoms with E-state index in [1.54, 1.807) is 0 Å². The minimum atomic E-state index is -0.440. The first-order valence-electron chi connectivity index (χ1n) is 6.77. The van der Waals surface area contributed by atoms with Crippen LogP contribution in [0.1, 0.15) is 30.4 Å². The van der Waals surface area contributed by atoms with Crippen molar-refractivity contribution >= 4 is 0 Å². The van der Waals surface area contributed by atoms with Gasteiger partial charge in [0.05, 0.1) is 0 Å². The van der Waals surface area contributed by atoms with E-state index in [4.69, 9.17) is 4.74 Å². The van der Waals surface area contributed by atoms with Gasteiger partial charge in [0, 0.05) is 12.6 Å². The normalized spacial score (nSPS) is 17.3. The van der Waals surface area contributed by atoms with Gasteiger partial charge in [0.1, 0.15) is 18.5 Å². The van der Waals surface area contributed by atoms with Crippen LogP contribution in [-0.2, 0) is 0 Å². The van der Waals surface area contributed by atoms with Crippen molar-refractivity contribution in [2.45, 2.75) is 45.3 Å². The molecule has 3 heteroatoms. The Hall–Kier alpha value is -1.06. The zero-order valence-electron chi connectivity index (χ0n) is 11.3. The second kappa shape index (κ2) is 6.21. The highest BCUT2D eigenvalue weighted by atomic mass is 16.5. The number of aryl methyl sites for hydroxylation is 2. The first-order valence-corrected chi connectivity index (χ1v) is 6.77. The summed E-state index contributed by atoms with van der Waals surface area (Å²) in [5, 5.41) is 13.2. The molecule has 1 aromatic rings. The van der Waals surface area contributed by atoms with E-state index in [2.05, 4.69) is 5.32 Å². The van der Waals surface area contributed by atoms with Crippen molar-refractivity contribution in [3.05, 3.63) is 29.3 Å². The topological polar surface area (TPSA) is 41.5 Å². The maximum absolute atomic E-state index is 9.87. The van der Waals surface area contributed by atoms with E-state index >= 15 is 0 Å². The summed E-state index contributed by atoms with van der Waals surface area (Å²) in [5.74, 6) is 0.903. The first kappa shape index (κ1) is 13.4. The molecule has 0 heterocycles. The summed E-state index contributed by atoms with van der Waals surface area (Å²) in [6.45, 7) is 5.03. The Balaban J connectivity index is 1.75. The third-order valence-electron chi connectivity index (χ3n) is 3.58. The molecule has 1 fully saturated rings. The fourth-order valence-electron chi connectivity index (χ4n) is 2.18. The summed E-state index contributed by atoms with van der Waals surface area (Å²) in [7, 11) is 0. The van der Waals surface area contributed by atoms with E-state index in [0.29, 0.717) is 19.2 Å². The fourth-order valence-corrected chi connectivity index (χ4v) is 2.18. The summed E-state index contributed by atoms with van der Waals surface area (Å²) >= 11 is 0. The molecule has 18 heavy (non-hydrogen) atoms. The van der Waals surface area contributed by atoms with Gasteiger partial charge in [-0.1, -0.05) is 24.6 Å². The highest BCUT2D eigenvalue weighted by Crippen LogP contribution is 2.22. The number of aliphatic hydroxyl groups excluding tert-OH is 1. The molecule has 1 aromatic carbocycles. The average Bonchev–Trinajstić information content (AvgIpc) is 2.26. The van der Waals surface area contributed by atoms with Crippen molar-refractivity contribution in [1.29, 1.82) is 0 Å². The SMILES string of the molecule is Cc1cccc(C)c1OCC(O)CNC1CCC1. The number of hydrogen-bond donors (Lipinski definition) is 2. The van der Waals surface area contributed by atoms with Crippen LogP contribution in [0, 0.1) is 13.8 Å². The Morgan fingerprint density at radius 1 is 1.33 bits per heavy atom. The lowest BCUT2D eigenvalue weighted by Gasteiger charge is -2.27. The summed E-state index contributed by atoms with van der Waals surface area (Å²) in [6.07, 6.45) is 3.35. The van der Waals surface area contributed by atoms with Crippen molar-refractivity contribution < 1.29 is 9.84 Å². The summed E-state index contributed by atoms with van der Waals surface area (Å²) in [6, 6.07) is 6.69. The van der Waals surface area contributed by atoms with Gasteiger partial charge in [-0.15, -0.1) is 0 Å². The van der Waals surface area contributed by atoms with E-state index in [0.717, 1.165) is 16.9 Å². The molecule has 1 aliphatic carbocycles. The maximum Gasteiger partial charge on any atom is 0.125 e. The number of nitrogens with one attached hydrogen (secondary N) is 1. The van der Waals surface area contributed by atoms with Gasteiger partial charge in [0.25, 0.3) is 0 Å². The Bertz CT molecular complexity index is 368. The maximum atomic E-state index is 9.87. The van der Waals surface area contributed by atoms with Gasteiger partial charge in [-0.25, -0.2) is 0 Å². The van der Waals surface area contributed by atoms with Gasteiger partial charge in [0.2, 0.25) is 0 Å². The second-order valence-electron chi connectivity index (χ2n) is 5.22. The minimum Gasteiger partial charge on any atom is -0.490 e. The smallest absolute Gasteiger partial charge is 0.125 e. The molecule has 1 atom stereocenters. The van der Waals surface area contributed by atoms with E-state index in [9.17, 15) is 5.11 Å². The number of aliphatic hydroxyl groups is 1. The summed E-state index contributed by atoms with van der Waals surface area (Å²) in [5.41, 5.74) is 2.24. The van der Waals surface area contributed by atoms with E-state index in [1.807, 2.05) is 32.0 Å². The predicted octanol–water partition coefficient (Wildman–Crippen LogP) is 2.19. The monoisotopic (exact) mass is 249 g/mol.